The molecular weight excluding hydrogens is 283 g/mol. The van der Waals surface area contributed by atoms with Crippen LogP contribution in [0.4, 0.5) is 4.39 Å². The summed E-state index contributed by atoms with van der Waals surface area (Å²) in [6, 6.07) is 3.41. The van der Waals surface area contributed by atoms with Gasteiger partial charge in [0.15, 0.2) is 0 Å². The van der Waals surface area contributed by atoms with E-state index in [1.54, 1.807) is 29.3 Å². The lowest BCUT2D eigenvalue weighted by Gasteiger charge is -2.24. The van der Waals surface area contributed by atoms with E-state index in [4.69, 9.17) is 0 Å². The summed E-state index contributed by atoms with van der Waals surface area (Å²) in [4.78, 5) is 13.7. The van der Waals surface area contributed by atoms with Crippen LogP contribution in [0.2, 0.25) is 0 Å². The van der Waals surface area contributed by atoms with E-state index in [-0.39, 0.29) is 0 Å². The number of nitrogens with one attached hydrogen (secondary N) is 1. The summed E-state index contributed by atoms with van der Waals surface area (Å²) in [5, 5.41) is 3.60. The number of hydrazine groups is 1. The Hall–Kier alpha value is -1.01. The van der Waals surface area contributed by atoms with Gasteiger partial charge in [0.1, 0.15) is 0 Å². The van der Waals surface area contributed by atoms with E-state index in [0.29, 0.717) is 10.8 Å². The van der Waals surface area contributed by atoms with Gasteiger partial charge in [-0.15, -0.1) is 23.1 Å². The number of allylic oxidation sites excluding steroid dienone is 2. The molecule has 1 atom stereocenters. The molecule has 6 heteroatoms. The lowest BCUT2D eigenvalue weighted by molar-refractivity contribution is -0.129. The molecule has 2 heterocycles. The minimum atomic E-state index is -1.57. The summed E-state index contributed by atoms with van der Waals surface area (Å²) < 4.78 is 14.0. The van der Waals surface area contributed by atoms with Gasteiger partial charge in [-0.3, -0.25) is 15.2 Å². The minimum absolute atomic E-state index is 0.460. The van der Waals surface area contributed by atoms with Gasteiger partial charge in [-0.1, -0.05) is 6.07 Å². The Morgan fingerprint density at radius 2 is 2.26 bits per heavy atom. The van der Waals surface area contributed by atoms with E-state index < -0.39 is 12.1 Å². The van der Waals surface area contributed by atoms with E-state index in [1.165, 1.54) is 28.4 Å². The van der Waals surface area contributed by atoms with Gasteiger partial charge in [0.2, 0.25) is 6.17 Å². The number of hydrogen-bond acceptors (Lipinski definition) is 4. The highest BCUT2D eigenvalue weighted by molar-refractivity contribution is 8.03. The molecule has 0 bridgehead atoms. The third-order valence-corrected chi connectivity index (χ3v) is 5.44. The monoisotopic (exact) mass is 298 g/mol. The smallest absolute Gasteiger partial charge is 0.278 e. The fourth-order valence-corrected chi connectivity index (χ4v) is 4.25. The van der Waals surface area contributed by atoms with Gasteiger partial charge in [-0.05, 0) is 37.1 Å². The number of thiophene rings is 1. The van der Waals surface area contributed by atoms with Crippen LogP contribution in [0.3, 0.4) is 0 Å². The third-order valence-electron chi connectivity index (χ3n) is 3.35. The molecule has 1 aliphatic carbocycles. The van der Waals surface area contributed by atoms with Crippen molar-refractivity contribution < 1.29 is 9.18 Å². The predicted octanol–water partition coefficient (Wildman–Crippen LogP) is 3.58. The van der Waals surface area contributed by atoms with Crippen LogP contribution in [-0.4, -0.2) is 16.8 Å². The first kappa shape index (κ1) is 13.0. The number of halogens is 1. The Morgan fingerprint density at radius 3 is 3.05 bits per heavy atom. The Bertz CT molecular complexity index is 501. The molecule has 1 amide bonds. The number of alkyl halides is 1. The lowest BCUT2D eigenvalue weighted by atomic mass is 10.0. The topological polar surface area (TPSA) is 32.3 Å². The van der Waals surface area contributed by atoms with Gasteiger partial charge < -0.3 is 0 Å². The number of nitrogens with zero attached hydrogens (tertiary/aromatic N) is 1. The number of carbonyl (C=O) groups excluding carboxylic acids is 1. The van der Waals surface area contributed by atoms with E-state index in [9.17, 15) is 9.18 Å². The standard InChI is InChI=1S/C13H15FN2OS2/c14-12(11-6-3-7-18-11)13(17)15-16-8-19-10-5-2-1-4-9(10)16/h3,6-7,12H,1-2,4-5,8H2,(H,15,17). The first-order valence-corrected chi connectivity index (χ1v) is 8.22. The van der Waals surface area contributed by atoms with Crippen molar-refractivity contribution in [1.29, 1.82) is 0 Å². The van der Waals surface area contributed by atoms with Gasteiger partial charge in [0, 0.05) is 15.5 Å². The summed E-state index contributed by atoms with van der Waals surface area (Å²) in [6.45, 7) is 0. The molecule has 0 saturated heterocycles. The van der Waals surface area contributed by atoms with Gasteiger partial charge in [0.05, 0.1) is 5.88 Å². The van der Waals surface area contributed by atoms with Crippen molar-refractivity contribution in [2.24, 2.45) is 0 Å². The molecule has 0 radical (unpaired) electrons. The van der Waals surface area contributed by atoms with Crippen molar-refractivity contribution in [3.63, 3.8) is 0 Å². The fraction of sp³-hybridized carbons (Fsp3) is 0.462. The van der Waals surface area contributed by atoms with Gasteiger partial charge in [-0.2, -0.15) is 0 Å². The maximum atomic E-state index is 14.0. The van der Waals surface area contributed by atoms with Crippen LogP contribution in [-0.2, 0) is 4.79 Å². The Labute approximate surface area is 119 Å². The van der Waals surface area contributed by atoms with Crippen molar-refractivity contribution in [2.75, 3.05) is 5.88 Å². The molecule has 1 unspecified atom stereocenters. The number of carbonyl (C=O) groups is 1. The van der Waals surface area contributed by atoms with Crippen molar-refractivity contribution in [2.45, 2.75) is 31.9 Å². The summed E-state index contributed by atoms with van der Waals surface area (Å²) in [5.74, 6) is 0.135. The van der Waals surface area contributed by atoms with Crippen LogP contribution in [0.5, 0.6) is 0 Å². The summed E-state index contributed by atoms with van der Waals surface area (Å²) in [5.41, 5.74) is 3.90. The molecule has 0 saturated carbocycles. The number of thioether (sulfide) groups is 1. The molecule has 1 aromatic rings. The highest BCUT2D eigenvalue weighted by Crippen LogP contribution is 2.40. The molecule has 19 heavy (non-hydrogen) atoms. The van der Waals surface area contributed by atoms with E-state index in [1.807, 2.05) is 5.01 Å². The summed E-state index contributed by atoms with van der Waals surface area (Å²) in [7, 11) is 0. The average molecular weight is 298 g/mol. The van der Waals surface area contributed by atoms with Crippen molar-refractivity contribution >= 4 is 29.0 Å². The molecule has 0 fully saturated rings. The molecular formula is C13H15FN2OS2. The van der Waals surface area contributed by atoms with Crippen LogP contribution in [0.25, 0.3) is 0 Å². The highest BCUT2D eigenvalue weighted by Gasteiger charge is 2.29. The second-order valence-electron chi connectivity index (χ2n) is 4.63. The Balaban J connectivity index is 1.66. The molecule has 2 aliphatic rings. The summed E-state index contributed by atoms with van der Waals surface area (Å²) in [6.07, 6.45) is 2.87. The molecule has 1 N–H and O–H groups in total. The molecule has 3 nitrogen and oxygen atoms in total. The van der Waals surface area contributed by atoms with Crippen LogP contribution in [0, 0.1) is 0 Å². The van der Waals surface area contributed by atoms with E-state index in [2.05, 4.69) is 5.43 Å². The second kappa shape index (κ2) is 5.54. The van der Waals surface area contributed by atoms with Crippen LogP contribution in [0.1, 0.15) is 36.7 Å². The zero-order chi connectivity index (χ0) is 13.2. The van der Waals surface area contributed by atoms with Crippen LogP contribution in [0.15, 0.2) is 28.1 Å². The van der Waals surface area contributed by atoms with Crippen molar-refractivity contribution in [3.8, 4) is 0 Å². The minimum Gasteiger partial charge on any atom is -0.278 e. The van der Waals surface area contributed by atoms with Crippen LogP contribution < -0.4 is 5.43 Å². The van der Waals surface area contributed by atoms with Gasteiger partial charge >= 0.3 is 0 Å². The molecule has 3 rings (SSSR count). The molecule has 0 aromatic carbocycles. The van der Waals surface area contributed by atoms with E-state index >= 15 is 0 Å². The second-order valence-corrected chi connectivity index (χ2v) is 6.65. The fourth-order valence-electron chi connectivity index (χ4n) is 2.38. The molecule has 1 aromatic heterocycles. The first-order valence-electron chi connectivity index (χ1n) is 6.36. The van der Waals surface area contributed by atoms with Crippen molar-refractivity contribution in [3.05, 3.63) is 33.0 Å². The SMILES string of the molecule is O=C(NN1CSC2=C1CCCC2)C(F)c1cccs1. The normalized spacial score (nSPS) is 20.4. The molecule has 0 spiro atoms. The Kier molecular flexibility index (Phi) is 3.79. The van der Waals surface area contributed by atoms with Gasteiger partial charge in [-0.25, -0.2) is 4.39 Å². The summed E-state index contributed by atoms with van der Waals surface area (Å²) >= 11 is 3.03. The number of amides is 1. The van der Waals surface area contributed by atoms with Gasteiger partial charge in [0.25, 0.3) is 5.91 Å². The Morgan fingerprint density at radius 1 is 1.42 bits per heavy atom. The zero-order valence-electron chi connectivity index (χ0n) is 10.4. The largest absolute Gasteiger partial charge is 0.278 e. The predicted molar refractivity (Wildman–Crippen MR) is 76.1 cm³/mol. The maximum Gasteiger partial charge on any atom is 0.278 e. The maximum absolute atomic E-state index is 14.0. The zero-order valence-corrected chi connectivity index (χ0v) is 12.0. The number of hydrogen-bond donors (Lipinski definition) is 1. The van der Waals surface area contributed by atoms with Crippen molar-refractivity contribution in [1.82, 2.24) is 10.4 Å². The van der Waals surface area contributed by atoms with Crippen LogP contribution >= 0.6 is 23.1 Å². The van der Waals surface area contributed by atoms with E-state index in [0.717, 1.165) is 19.3 Å². The molecule has 1 aliphatic heterocycles. The molecule has 102 valence electrons. The quantitative estimate of drug-likeness (QED) is 0.925. The lowest BCUT2D eigenvalue weighted by Crippen LogP contribution is -2.41. The highest BCUT2D eigenvalue weighted by atomic mass is 32.2. The average Bonchev–Trinajstić information content (AvgIpc) is 3.08. The third kappa shape index (κ3) is 2.65. The first-order chi connectivity index (χ1) is 9.25. The number of rotatable bonds is 3.